The van der Waals surface area contributed by atoms with Crippen LogP contribution in [0.15, 0.2) is 17.0 Å². The minimum Gasteiger partial charge on any atom is -0.324 e. The van der Waals surface area contributed by atoms with E-state index in [9.17, 15) is 26.2 Å². The van der Waals surface area contributed by atoms with Gasteiger partial charge in [0.2, 0.25) is 7.37 Å². The first-order valence-corrected chi connectivity index (χ1v) is 9.71. The van der Waals surface area contributed by atoms with Crippen molar-refractivity contribution in [3.8, 4) is 0 Å². The Bertz CT molecular complexity index is 667. The van der Waals surface area contributed by atoms with Gasteiger partial charge >= 0.3 is 10.1 Å². The molecule has 0 aliphatic heterocycles. The quantitative estimate of drug-likeness (QED) is 0.550. The number of hydrogen-bond acceptors (Lipinski definition) is 5. The van der Waals surface area contributed by atoms with E-state index in [1.807, 2.05) is 0 Å². The van der Waals surface area contributed by atoms with Gasteiger partial charge in [0.1, 0.15) is 23.8 Å². The van der Waals surface area contributed by atoms with Gasteiger partial charge < -0.3 is 4.52 Å². The average Bonchev–Trinajstić information content (AvgIpc) is 2.34. The van der Waals surface area contributed by atoms with Gasteiger partial charge in [-0.1, -0.05) is 6.92 Å². The summed E-state index contributed by atoms with van der Waals surface area (Å²) in [6.07, 6.45) is -1.33. The SMILES string of the molecule is CCP(=O)(COS(=O)(=O)c1c(F)cc(F)cc1F)OC(C)C. The second kappa shape index (κ2) is 7.12. The van der Waals surface area contributed by atoms with Crippen molar-refractivity contribution < 1.29 is 34.9 Å². The summed E-state index contributed by atoms with van der Waals surface area (Å²) in [5.41, 5.74) is 0. The molecule has 10 heteroatoms. The summed E-state index contributed by atoms with van der Waals surface area (Å²) >= 11 is 0. The van der Waals surface area contributed by atoms with Crippen LogP contribution in [0.25, 0.3) is 0 Å². The second-order valence-electron chi connectivity index (χ2n) is 4.68. The molecule has 0 spiro atoms. The molecule has 0 fully saturated rings. The topological polar surface area (TPSA) is 69.7 Å². The molecular formula is C12H16F3O5PS. The van der Waals surface area contributed by atoms with Gasteiger partial charge in [0, 0.05) is 18.3 Å². The lowest BCUT2D eigenvalue weighted by Gasteiger charge is -2.19. The molecule has 1 rings (SSSR count). The van der Waals surface area contributed by atoms with E-state index < -0.39 is 52.3 Å². The van der Waals surface area contributed by atoms with Crippen LogP contribution in [0.4, 0.5) is 13.2 Å². The maximum absolute atomic E-state index is 13.5. The molecule has 1 unspecified atom stereocenters. The lowest BCUT2D eigenvalue weighted by molar-refractivity contribution is 0.227. The Kier molecular flexibility index (Phi) is 6.20. The predicted octanol–water partition coefficient (Wildman–Crippen LogP) is 3.49. The predicted molar refractivity (Wildman–Crippen MR) is 73.8 cm³/mol. The molecule has 0 saturated carbocycles. The molecule has 0 N–H and O–H groups in total. The van der Waals surface area contributed by atoms with E-state index in [2.05, 4.69) is 4.18 Å². The Morgan fingerprint density at radius 3 is 2.09 bits per heavy atom. The molecule has 0 saturated heterocycles. The fourth-order valence-electron chi connectivity index (χ4n) is 1.56. The zero-order chi connectivity index (χ0) is 17.1. The van der Waals surface area contributed by atoms with Crippen molar-refractivity contribution >= 4 is 17.5 Å². The van der Waals surface area contributed by atoms with E-state index in [1.54, 1.807) is 13.8 Å². The monoisotopic (exact) mass is 360 g/mol. The molecule has 0 heterocycles. The van der Waals surface area contributed by atoms with Crippen LogP contribution >= 0.6 is 7.37 Å². The molecule has 0 aromatic heterocycles. The van der Waals surface area contributed by atoms with Gasteiger partial charge in [0.05, 0.1) is 6.10 Å². The highest BCUT2D eigenvalue weighted by molar-refractivity contribution is 7.87. The van der Waals surface area contributed by atoms with Crippen molar-refractivity contribution in [3.63, 3.8) is 0 Å². The maximum Gasteiger partial charge on any atom is 0.303 e. The van der Waals surface area contributed by atoms with Crippen LogP contribution in [0, 0.1) is 17.5 Å². The summed E-state index contributed by atoms with van der Waals surface area (Å²) in [4.78, 5) is -1.43. The summed E-state index contributed by atoms with van der Waals surface area (Å²) in [7, 11) is -8.32. The van der Waals surface area contributed by atoms with Gasteiger partial charge in [-0.2, -0.15) is 8.42 Å². The fourth-order valence-corrected chi connectivity index (χ4v) is 4.63. The zero-order valence-corrected chi connectivity index (χ0v) is 13.9. The zero-order valence-electron chi connectivity index (χ0n) is 12.2. The first-order chi connectivity index (χ1) is 10.0. The van der Waals surface area contributed by atoms with Crippen LogP contribution < -0.4 is 0 Å². The normalized spacial score (nSPS) is 15.0. The van der Waals surface area contributed by atoms with Crippen molar-refractivity contribution in [1.82, 2.24) is 0 Å². The van der Waals surface area contributed by atoms with Crippen molar-refractivity contribution in [1.29, 1.82) is 0 Å². The van der Waals surface area contributed by atoms with Gasteiger partial charge in [0.25, 0.3) is 0 Å². The summed E-state index contributed by atoms with van der Waals surface area (Å²) in [5, 5.41) is 0. The molecule has 0 aliphatic rings. The minimum atomic E-state index is -4.89. The van der Waals surface area contributed by atoms with Crippen LogP contribution in [0.1, 0.15) is 20.8 Å². The van der Waals surface area contributed by atoms with Gasteiger partial charge in [0.15, 0.2) is 4.90 Å². The van der Waals surface area contributed by atoms with Crippen LogP contribution in [-0.4, -0.2) is 27.0 Å². The fraction of sp³-hybridized carbons (Fsp3) is 0.500. The Balaban J connectivity index is 3.05. The van der Waals surface area contributed by atoms with E-state index in [-0.39, 0.29) is 18.3 Å². The first-order valence-electron chi connectivity index (χ1n) is 6.31. The Hall–Kier alpha value is -0.890. The molecule has 1 aromatic rings. The third kappa shape index (κ3) is 4.81. The molecule has 0 bridgehead atoms. The highest BCUT2D eigenvalue weighted by atomic mass is 32.2. The number of benzene rings is 1. The Labute approximate surface area is 127 Å². The van der Waals surface area contributed by atoms with E-state index in [0.717, 1.165) is 0 Å². The number of rotatable bonds is 7. The summed E-state index contributed by atoms with van der Waals surface area (Å²) < 4.78 is 85.2. The maximum atomic E-state index is 13.5. The molecule has 0 aliphatic carbocycles. The van der Waals surface area contributed by atoms with Crippen LogP contribution in [-0.2, 0) is 23.4 Å². The number of halogens is 3. The molecule has 5 nitrogen and oxygen atoms in total. The Morgan fingerprint density at radius 2 is 1.68 bits per heavy atom. The molecule has 126 valence electrons. The molecule has 1 aromatic carbocycles. The van der Waals surface area contributed by atoms with Crippen molar-refractivity contribution in [2.75, 3.05) is 12.5 Å². The smallest absolute Gasteiger partial charge is 0.303 e. The summed E-state index contributed by atoms with van der Waals surface area (Å²) in [6.45, 7) is 4.68. The first kappa shape index (κ1) is 19.2. The molecule has 1 atom stereocenters. The van der Waals surface area contributed by atoms with Crippen molar-refractivity contribution in [2.45, 2.75) is 31.8 Å². The van der Waals surface area contributed by atoms with Crippen LogP contribution in [0.5, 0.6) is 0 Å². The third-order valence-electron chi connectivity index (χ3n) is 2.50. The number of hydrogen-bond donors (Lipinski definition) is 0. The summed E-state index contributed by atoms with van der Waals surface area (Å²) in [5.74, 6) is -4.53. The Morgan fingerprint density at radius 1 is 1.18 bits per heavy atom. The minimum absolute atomic E-state index is 0.0188. The standard InChI is InChI=1S/C12H16F3O5PS/c1-4-21(16,20-8(2)3)7-19-22(17,18)12-10(14)5-9(13)6-11(12)15/h5-6,8H,4,7H2,1-3H3. The largest absolute Gasteiger partial charge is 0.324 e. The van der Waals surface area contributed by atoms with Crippen LogP contribution in [0.3, 0.4) is 0 Å². The highest BCUT2D eigenvalue weighted by Crippen LogP contribution is 2.48. The van der Waals surface area contributed by atoms with Crippen molar-refractivity contribution in [2.24, 2.45) is 0 Å². The molecule has 0 radical (unpaired) electrons. The lowest BCUT2D eigenvalue weighted by atomic mass is 10.3. The lowest BCUT2D eigenvalue weighted by Crippen LogP contribution is -2.15. The van der Waals surface area contributed by atoms with Gasteiger partial charge in [-0.25, -0.2) is 13.2 Å². The van der Waals surface area contributed by atoms with Gasteiger partial charge in [-0.05, 0) is 13.8 Å². The van der Waals surface area contributed by atoms with Crippen LogP contribution in [0.2, 0.25) is 0 Å². The van der Waals surface area contributed by atoms with Gasteiger partial charge in [-0.3, -0.25) is 8.75 Å². The summed E-state index contributed by atoms with van der Waals surface area (Å²) in [6, 6.07) is 0.423. The van der Waals surface area contributed by atoms with E-state index in [0.29, 0.717) is 0 Å². The third-order valence-corrected chi connectivity index (χ3v) is 6.29. The van der Waals surface area contributed by atoms with E-state index in [1.165, 1.54) is 6.92 Å². The molecule has 0 amide bonds. The highest BCUT2D eigenvalue weighted by Gasteiger charge is 2.31. The van der Waals surface area contributed by atoms with E-state index in [4.69, 9.17) is 4.52 Å². The molecule has 22 heavy (non-hydrogen) atoms. The second-order valence-corrected chi connectivity index (χ2v) is 8.97. The average molecular weight is 360 g/mol. The van der Waals surface area contributed by atoms with Crippen molar-refractivity contribution in [3.05, 3.63) is 29.6 Å². The molecular weight excluding hydrogens is 344 g/mol. The van der Waals surface area contributed by atoms with E-state index >= 15 is 0 Å². The van der Waals surface area contributed by atoms with Gasteiger partial charge in [-0.15, -0.1) is 0 Å².